The molecule has 0 N–H and O–H groups in total. The van der Waals surface area contributed by atoms with E-state index in [-0.39, 0.29) is 0 Å². The van der Waals surface area contributed by atoms with E-state index in [2.05, 4.69) is 9.72 Å². The maximum Gasteiger partial charge on any atom is 0.417 e. The van der Waals surface area contributed by atoms with Gasteiger partial charge in [-0.25, -0.2) is 4.79 Å². The molecule has 12 heavy (non-hydrogen) atoms. The van der Waals surface area contributed by atoms with E-state index in [1.807, 2.05) is 18.3 Å². The van der Waals surface area contributed by atoms with Crippen molar-refractivity contribution in [2.45, 2.75) is 12.8 Å². The minimum atomic E-state index is 0.429. The highest BCUT2D eigenvalue weighted by atomic mass is 16.5. The van der Waals surface area contributed by atoms with Gasteiger partial charge < -0.3 is 4.74 Å². The highest BCUT2D eigenvalue weighted by Gasteiger charge is 1.91. The van der Waals surface area contributed by atoms with Gasteiger partial charge in [-0.2, -0.15) is 0 Å². The Bertz CT molecular complexity index is 223. The standard InChI is InChI=1S/C9H10NO2/c11-8-12-6-2-4-9-3-1-5-10-7-9/h1,3,5,7H,2,4,6H2. The molecule has 3 heteroatoms. The summed E-state index contributed by atoms with van der Waals surface area (Å²) in [5, 5.41) is 0. The predicted molar refractivity (Wildman–Crippen MR) is 44.2 cm³/mol. The lowest BCUT2D eigenvalue weighted by Crippen LogP contribution is -1.94. The van der Waals surface area contributed by atoms with Crippen molar-refractivity contribution in [1.29, 1.82) is 0 Å². The fraction of sp³-hybridized carbons (Fsp3) is 0.333. The van der Waals surface area contributed by atoms with Crippen LogP contribution in [0, 0.1) is 0 Å². The van der Waals surface area contributed by atoms with E-state index >= 15 is 0 Å². The Hall–Kier alpha value is -1.38. The number of nitrogens with zero attached hydrogens (tertiary/aromatic N) is 1. The average molecular weight is 164 g/mol. The van der Waals surface area contributed by atoms with Gasteiger partial charge in [0.15, 0.2) is 0 Å². The van der Waals surface area contributed by atoms with Gasteiger partial charge in [0.2, 0.25) is 0 Å². The van der Waals surface area contributed by atoms with Gasteiger partial charge in [-0.1, -0.05) is 6.07 Å². The quantitative estimate of drug-likeness (QED) is 0.612. The van der Waals surface area contributed by atoms with Crippen LogP contribution in [0.2, 0.25) is 0 Å². The van der Waals surface area contributed by atoms with Gasteiger partial charge in [-0.05, 0) is 24.5 Å². The van der Waals surface area contributed by atoms with Crippen LogP contribution in [-0.4, -0.2) is 18.1 Å². The third-order valence-corrected chi connectivity index (χ3v) is 1.49. The first-order valence-corrected chi connectivity index (χ1v) is 3.81. The molecule has 1 aromatic heterocycles. The Morgan fingerprint density at radius 3 is 3.17 bits per heavy atom. The highest BCUT2D eigenvalue weighted by molar-refractivity contribution is 5.38. The summed E-state index contributed by atoms with van der Waals surface area (Å²) in [5.74, 6) is 0. The Morgan fingerprint density at radius 1 is 1.58 bits per heavy atom. The second-order valence-corrected chi connectivity index (χ2v) is 2.40. The van der Waals surface area contributed by atoms with Crippen molar-refractivity contribution >= 4 is 6.47 Å². The molecule has 0 aliphatic heterocycles. The van der Waals surface area contributed by atoms with Crippen LogP contribution in [0.25, 0.3) is 0 Å². The molecule has 0 spiro atoms. The van der Waals surface area contributed by atoms with E-state index in [4.69, 9.17) is 0 Å². The molecule has 0 saturated heterocycles. The Labute approximate surface area is 71.4 Å². The lowest BCUT2D eigenvalue weighted by atomic mass is 10.2. The monoisotopic (exact) mass is 164 g/mol. The molecule has 63 valence electrons. The molecule has 0 aliphatic rings. The van der Waals surface area contributed by atoms with Crippen LogP contribution in [0.15, 0.2) is 24.5 Å². The van der Waals surface area contributed by atoms with Crippen LogP contribution in [0.1, 0.15) is 12.0 Å². The van der Waals surface area contributed by atoms with Crippen LogP contribution in [0.4, 0.5) is 0 Å². The largest absolute Gasteiger partial charge is 0.457 e. The normalized spacial score (nSPS) is 9.33. The van der Waals surface area contributed by atoms with Crippen LogP contribution in [0.3, 0.4) is 0 Å². The number of aromatic nitrogens is 1. The van der Waals surface area contributed by atoms with E-state index < -0.39 is 0 Å². The molecule has 1 rings (SSSR count). The first-order chi connectivity index (χ1) is 5.93. The third-order valence-electron chi connectivity index (χ3n) is 1.49. The maximum atomic E-state index is 9.66. The number of carbonyl (C=O) groups excluding carboxylic acids is 1. The second-order valence-electron chi connectivity index (χ2n) is 2.40. The summed E-state index contributed by atoms with van der Waals surface area (Å²) in [7, 11) is 0. The van der Waals surface area contributed by atoms with Gasteiger partial charge in [0, 0.05) is 12.4 Å². The SMILES string of the molecule is O=[C]OCCCc1cccnc1. The van der Waals surface area contributed by atoms with Crippen molar-refractivity contribution < 1.29 is 9.53 Å². The fourth-order valence-corrected chi connectivity index (χ4v) is 0.936. The number of hydrogen-bond acceptors (Lipinski definition) is 3. The summed E-state index contributed by atoms with van der Waals surface area (Å²) < 4.78 is 4.43. The molecule has 0 fully saturated rings. The third kappa shape index (κ3) is 3.14. The molecule has 0 atom stereocenters. The number of hydrogen-bond donors (Lipinski definition) is 0. The minimum Gasteiger partial charge on any atom is -0.457 e. The summed E-state index contributed by atoms with van der Waals surface area (Å²) in [6.45, 7) is 1.82. The lowest BCUT2D eigenvalue weighted by molar-refractivity contribution is 0.273. The van der Waals surface area contributed by atoms with Gasteiger partial charge >= 0.3 is 6.47 Å². The van der Waals surface area contributed by atoms with Gasteiger partial charge in [0.25, 0.3) is 0 Å². The number of pyridine rings is 1. The van der Waals surface area contributed by atoms with Crippen LogP contribution in [-0.2, 0) is 16.0 Å². The van der Waals surface area contributed by atoms with Gasteiger partial charge in [-0.3, -0.25) is 4.98 Å². The van der Waals surface area contributed by atoms with E-state index in [1.54, 1.807) is 6.20 Å². The minimum absolute atomic E-state index is 0.429. The van der Waals surface area contributed by atoms with E-state index in [0.29, 0.717) is 6.61 Å². The van der Waals surface area contributed by atoms with Gasteiger partial charge in [-0.15, -0.1) is 0 Å². The van der Waals surface area contributed by atoms with Crippen LogP contribution in [0.5, 0.6) is 0 Å². The summed E-state index contributed by atoms with van der Waals surface area (Å²) in [5.41, 5.74) is 1.16. The maximum absolute atomic E-state index is 9.66. The average Bonchev–Trinajstić information content (AvgIpc) is 2.14. The zero-order valence-electron chi connectivity index (χ0n) is 6.69. The van der Waals surface area contributed by atoms with Crippen molar-refractivity contribution in [3.8, 4) is 0 Å². The summed E-state index contributed by atoms with van der Waals surface area (Å²) in [6.07, 6.45) is 5.25. The molecule has 0 unspecified atom stereocenters. The smallest absolute Gasteiger partial charge is 0.417 e. The van der Waals surface area contributed by atoms with Gasteiger partial charge in [0.1, 0.15) is 0 Å². The van der Waals surface area contributed by atoms with Crippen molar-refractivity contribution in [2.75, 3.05) is 6.61 Å². The number of aryl methyl sites for hydroxylation is 1. The Morgan fingerprint density at radius 2 is 2.50 bits per heavy atom. The zero-order valence-corrected chi connectivity index (χ0v) is 6.69. The topological polar surface area (TPSA) is 39.2 Å². The zero-order chi connectivity index (χ0) is 8.65. The van der Waals surface area contributed by atoms with Crippen molar-refractivity contribution in [2.24, 2.45) is 0 Å². The number of ether oxygens (including phenoxy) is 1. The van der Waals surface area contributed by atoms with Crippen molar-refractivity contribution in [3.05, 3.63) is 30.1 Å². The fourth-order valence-electron chi connectivity index (χ4n) is 0.936. The molecule has 1 radical (unpaired) electrons. The molecule has 0 bridgehead atoms. The first-order valence-electron chi connectivity index (χ1n) is 3.81. The molecular formula is C9H10NO2. The van der Waals surface area contributed by atoms with Crippen molar-refractivity contribution in [3.63, 3.8) is 0 Å². The van der Waals surface area contributed by atoms with Crippen molar-refractivity contribution in [1.82, 2.24) is 4.98 Å². The molecule has 1 heterocycles. The molecule has 0 aliphatic carbocycles. The molecule has 3 nitrogen and oxygen atoms in total. The van der Waals surface area contributed by atoms with Crippen LogP contribution >= 0.6 is 0 Å². The van der Waals surface area contributed by atoms with Gasteiger partial charge in [0.05, 0.1) is 6.61 Å². The number of rotatable bonds is 5. The summed E-state index contributed by atoms with van der Waals surface area (Å²) >= 11 is 0. The molecular weight excluding hydrogens is 154 g/mol. The highest BCUT2D eigenvalue weighted by Crippen LogP contribution is 1.99. The molecule has 1 aromatic rings. The molecule has 0 saturated carbocycles. The first kappa shape index (κ1) is 8.71. The van der Waals surface area contributed by atoms with E-state index in [1.165, 1.54) is 6.47 Å². The predicted octanol–water partition coefficient (Wildman–Crippen LogP) is 1.10. The Balaban J connectivity index is 2.20. The lowest BCUT2D eigenvalue weighted by Gasteiger charge is -1.98. The van der Waals surface area contributed by atoms with E-state index in [0.717, 1.165) is 18.4 Å². The summed E-state index contributed by atoms with van der Waals surface area (Å²) in [4.78, 5) is 13.6. The second kappa shape index (κ2) is 5.29. The Kier molecular flexibility index (Phi) is 3.84. The van der Waals surface area contributed by atoms with Crippen LogP contribution < -0.4 is 0 Å². The molecule has 0 amide bonds. The van der Waals surface area contributed by atoms with E-state index in [9.17, 15) is 4.79 Å². The summed E-state index contributed by atoms with van der Waals surface area (Å²) in [6, 6.07) is 3.89. The molecule has 0 aromatic carbocycles.